The number of aromatic nitrogens is 1. The molecular formula is C13H9N5O6. The molecule has 0 aliphatic carbocycles. The summed E-state index contributed by atoms with van der Waals surface area (Å²) in [7, 11) is 1.08. The lowest BCUT2D eigenvalue weighted by atomic mass is 10.2. The lowest BCUT2D eigenvalue weighted by Crippen LogP contribution is -2.11. The number of benzene rings is 1. The van der Waals surface area contributed by atoms with Gasteiger partial charge in [-0.25, -0.2) is 4.79 Å². The highest BCUT2D eigenvalue weighted by Gasteiger charge is 2.24. The highest BCUT2D eigenvalue weighted by molar-refractivity contribution is 5.96. The van der Waals surface area contributed by atoms with Crippen molar-refractivity contribution in [3.8, 4) is 11.8 Å². The van der Waals surface area contributed by atoms with Gasteiger partial charge in [-0.15, -0.1) is 0 Å². The maximum Gasteiger partial charge on any atom is 0.357 e. The van der Waals surface area contributed by atoms with Crippen LogP contribution in [0.1, 0.15) is 16.1 Å². The van der Waals surface area contributed by atoms with Crippen molar-refractivity contribution >= 4 is 23.0 Å². The molecule has 0 unspecified atom stereocenters. The van der Waals surface area contributed by atoms with Crippen LogP contribution < -0.4 is 5.73 Å². The molecular weight excluding hydrogens is 322 g/mol. The summed E-state index contributed by atoms with van der Waals surface area (Å²) >= 11 is 0. The van der Waals surface area contributed by atoms with Gasteiger partial charge < -0.3 is 15.0 Å². The van der Waals surface area contributed by atoms with E-state index < -0.39 is 27.2 Å². The Bertz CT molecular complexity index is 878. The summed E-state index contributed by atoms with van der Waals surface area (Å²) in [5, 5.41) is 31.0. The Morgan fingerprint density at radius 2 is 1.79 bits per heavy atom. The molecule has 1 heterocycles. The number of nitrogens with zero attached hydrogens (tertiary/aromatic N) is 4. The predicted molar refractivity (Wildman–Crippen MR) is 79.5 cm³/mol. The lowest BCUT2D eigenvalue weighted by molar-refractivity contribution is -0.394. The Hall–Kier alpha value is -3.94. The largest absolute Gasteiger partial charge is 0.464 e. The number of non-ortho nitro benzene ring substituents is 2. The summed E-state index contributed by atoms with van der Waals surface area (Å²) in [4.78, 5) is 32.2. The minimum absolute atomic E-state index is 0.0791. The lowest BCUT2D eigenvalue weighted by Gasteiger charge is -2.08. The topological polar surface area (TPSA) is 167 Å². The first-order valence-electron chi connectivity index (χ1n) is 6.23. The fourth-order valence-corrected chi connectivity index (χ4v) is 2.05. The molecule has 1 aromatic heterocycles. The molecule has 11 nitrogen and oxygen atoms in total. The molecule has 122 valence electrons. The number of rotatable bonds is 4. The fraction of sp³-hybridized carbons (Fsp3) is 0.0769. The van der Waals surface area contributed by atoms with Gasteiger partial charge in [0, 0.05) is 18.3 Å². The Morgan fingerprint density at radius 3 is 2.21 bits per heavy atom. The van der Waals surface area contributed by atoms with Crippen LogP contribution in [0.4, 0.5) is 17.1 Å². The molecule has 0 bridgehead atoms. The second-order valence-electron chi connectivity index (χ2n) is 4.50. The SMILES string of the molecule is COC(=O)c1c(N)c(C#N)cn1-c1cc([N+](=O)[O-])cc([N+](=O)[O-])c1. The second-order valence-corrected chi connectivity index (χ2v) is 4.50. The summed E-state index contributed by atoms with van der Waals surface area (Å²) in [6.45, 7) is 0. The Kier molecular flexibility index (Phi) is 4.14. The first-order chi connectivity index (χ1) is 11.3. The zero-order valence-corrected chi connectivity index (χ0v) is 12.1. The number of nitro groups is 2. The quantitative estimate of drug-likeness (QED) is 0.499. The Balaban J connectivity index is 2.81. The van der Waals surface area contributed by atoms with Crippen molar-refractivity contribution in [1.82, 2.24) is 4.57 Å². The van der Waals surface area contributed by atoms with Gasteiger partial charge >= 0.3 is 5.97 Å². The molecule has 2 N–H and O–H groups in total. The van der Waals surface area contributed by atoms with E-state index in [4.69, 9.17) is 11.0 Å². The van der Waals surface area contributed by atoms with E-state index in [1.807, 2.05) is 0 Å². The molecule has 0 atom stereocenters. The number of nitro benzene ring substituents is 2. The van der Waals surface area contributed by atoms with E-state index in [0.29, 0.717) is 0 Å². The second kappa shape index (κ2) is 6.05. The van der Waals surface area contributed by atoms with Gasteiger partial charge in [-0.05, 0) is 0 Å². The van der Waals surface area contributed by atoms with Gasteiger partial charge in [-0.3, -0.25) is 20.2 Å². The molecule has 0 fully saturated rings. The number of esters is 1. The third-order valence-electron chi connectivity index (χ3n) is 3.13. The zero-order valence-electron chi connectivity index (χ0n) is 12.1. The van der Waals surface area contributed by atoms with Crippen LogP contribution in [-0.2, 0) is 4.74 Å². The summed E-state index contributed by atoms with van der Waals surface area (Å²) in [5.41, 5.74) is 3.99. The van der Waals surface area contributed by atoms with E-state index in [9.17, 15) is 25.0 Å². The minimum Gasteiger partial charge on any atom is -0.464 e. The molecule has 0 amide bonds. The van der Waals surface area contributed by atoms with Crippen LogP contribution in [0.25, 0.3) is 5.69 Å². The van der Waals surface area contributed by atoms with Gasteiger partial charge in [0.1, 0.15) is 6.07 Å². The van der Waals surface area contributed by atoms with E-state index in [-0.39, 0.29) is 22.6 Å². The van der Waals surface area contributed by atoms with Crippen molar-refractivity contribution in [3.63, 3.8) is 0 Å². The molecule has 1 aromatic carbocycles. The molecule has 0 spiro atoms. The average Bonchev–Trinajstić information content (AvgIpc) is 2.90. The molecule has 11 heteroatoms. The molecule has 0 radical (unpaired) electrons. The van der Waals surface area contributed by atoms with E-state index in [2.05, 4.69) is 4.74 Å². The smallest absolute Gasteiger partial charge is 0.357 e. The molecule has 0 aliphatic heterocycles. The number of hydrogen-bond acceptors (Lipinski definition) is 8. The summed E-state index contributed by atoms with van der Waals surface area (Å²) in [6, 6.07) is 4.56. The minimum atomic E-state index is -0.900. The van der Waals surface area contributed by atoms with Gasteiger partial charge in [0.25, 0.3) is 11.4 Å². The highest BCUT2D eigenvalue weighted by atomic mass is 16.6. The number of anilines is 1. The molecule has 2 rings (SSSR count). The van der Waals surface area contributed by atoms with Crippen LogP contribution >= 0.6 is 0 Å². The average molecular weight is 331 g/mol. The van der Waals surface area contributed by atoms with Crippen LogP contribution in [0.2, 0.25) is 0 Å². The normalized spacial score (nSPS) is 10.0. The summed E-state index contributed by atoms with van der Waals surface area (Å²) < 4.78 is 5.62. The van der Waals surface area contributed by atoms with Crippen LogP contribution in [0.3, 0.4) is 0 Å². The molecule has 0 aliphatic rings. The molecule has 0 saturated carbocycles. The van der Waals surface area contributed by atoms with Crippen LogP contribution in [0, 0.1) is 31.6 Å². The van der Waals surface area contributed by atoms with E-state index in [0.717, 1.165) is 36.1 Å². The van der Waals surface area contributed by atoms with Gasteiger partial charge in [-0.1, -0.05) is 0 Å². The number of methoxy groups -OCH3 is 1. The number of hydrogen-bond donors (Lipinski definition) is 1. The van der Waals surface area contributed by atoms with E-state index in [1.165, 1.54) is 0 Å². The summed E-state index contributed by atoms with van der Waals surface area (Å²) in [6.07, 6.45) is 1.14. The van der Waals surface area contributed by atoms with E-state index in [1.54, 1.807) is 6.07 Å². The van der Waals surface area contributed by atoms with Crippen molar-refractivity contribution in [2.45, 2.75) is 0 Å². The maximum atomic E-state index is 11.9. The maximum absolute atomic E-state index is 11.9. The zero-order chi connectivity index (χ0) is 18.0. The van der Waals surface area contributed by atoms with Crippen molar-refractivity contribution in [2.24, 2.45) is 0 Å². The van der Waals surface area contributed by atoms with E-state index >= 15 is 0 Å². The fourth-order valence-electron chi connectivity index (χ4n) is 2.05. The third-order valence-corrected chi connectivity index (χ3v) is 3.13. The Labute approximate surface area is 133 Å². The molecule has 2 aromatic rings. The van der Waals surface area contributed by atoms with Gasteiger partial charge in [0.2, 0.25) is 0 Å². The van der Waals surface area contributed by atoms with Crippen molar-refractivity contribution < 1.29 is 19.4 Å². The van der Waals surface area contributed by atoms with Crippen LogP contribution in [0.15, 0.2) is 24.4 Å². The Morgan fingerprint density at radius 1 is 1.25 bits per heavy atom. The number of carbonyl (C=O) groups is 1. The predicted octanol–water partition coefficient (Wildman–Crippen LogP) is 1.53. The van der Waals surface area contributed by atoms with Crippen LogP contribution in [-0.4, -0.2) is 27.5 Å². The standard InChI is InChI=1S/C13H9N5O6/c1-24-13(19)12-11(15)7(5-14)6-16(12)8-2-9(17(20)21)4-10(3-8)18(22)23/h2-4,6H,15H2,1H3. The van der Waals surface area contributed by atoms with Crippen LogP contribution in [0.5, 0.6) is 0 Å². The third kappa shape index (κ3) is 2.71. The monoisotopic (exact) mass is 331 g/mol. The van der Waals surface area contributed by atoms with Gasteiger partial charge in [0.05, 0.1) is 40.0 Å². The first kappa shape index (κ1) is 16.4. The number of nitriles is 1. The van der Waals surface area contributed by atoms with Crippen molar-refractivity contribution in [3.05, 3.63) is 55.9 Å². The highest BCUT2D eigenvalue weighted by Crippen LogP contribution is 2.29. The number of nitrogens with two attached hydrogens (primary N) is 1. The van der Waals surface area contributed by atoms with Gasteiger partial charge in [-0.2, -0.15) is 5.26 Å². The van der Waals surface area contributed by atoms with Gasteiger partial charge in [0.15, 0.2) is 5.69 Å². The molecule has 0 saturated heterocycles. The molecule has 24 heavy (non-hydrogen) atoms. The van der Waals surface area contributed by atoms with Crippen molar-refractivity contribution in [1.29, 1.82) is 5.26 Å². The summed E-state index contributed by atoms with van der Waals surface area (Å²) in [5.74, 6) is -0.900. The van der Waals surface area contributed by atoms with Crippen molar-refractivity contribution in [2.75, 3.05) is 12.8 Å². The number of ether oxygens (including phenoxy) is 1. The number of nitrogen functional groups attached to an aromatic ring is 1. The first-order valence-corrected chi connectivity index (χ1v) is 6.23. The number of carbonyl (C=O) groups excluding carboxylic acids is 1.